The van der Waals surface area contributed by atoms with Gasteiger partial charge in [0.05, 0.1) is 36.1 Å². The molecule has 1 saturated heterocycles. The number of nitrogens with one attached hydrogen (secondary N) is 1. The zero-order valence-electron chi connectivity index (χ0n) is 12.3. The molecule has 22 heavy (non-hydrogen) atoms. The molecule has 0 radical (unpaired) electrons. The van der Waals surface area contributed by atoms with E-state index in [-0.39, 0.29) is 12.3 Å². The van der Waals surface area contributed by atoms with Gasteiger partial charge in [-0.1, -0.05) is 29.3 Å². The van der Waals surface area contributed by atoms with Gasteiger partial charge in [-0.05, 0) is 18.2 Å². The van der Waals surface area contributed by atoms with E-state index in [1.54, 1.807) is 23.1 Å². The van der Waals surface area contributed by atoms with E-state index in [1.807, 2.05) is 6.07 Å². The zero-order chi connectivity index (χ0) is 15.9. The largest absolute Gasteiger partial charge is 0.378 e. The lowest BCUT2D eigenvalue weighted by Crippen LogP contribution is -2.40. The molecule has 1 amide bonds. The number of hydroxylamine groups is 1. The van der Waals surface area contributed by atoms with Crippen molar-refractivity contribution in [1.82, 2.24) is 10.4 Å². The standard InChI is InChI=1S/C15H18Cl2N2O3/c1-21-18-14(11-2-3-12(16)13(17)10-11)4-5-15(20)19-6-8-22-9-7-19/h2-4,10,18H,5-9H2,1H3. The van der Waals surface area contributed by atoms with Crippen LogP contribution in [-0.4, -0.2) is 44.2 Å². The second-order valence-corrected chi connectivity index (χ2v) is 5.56. The number of rotatable bonds is 5. The first-order valence-corrected chi connectivity index (χ1v) is 7.67. The monoisotopic (exact) mass is 344 g/mol. The van der Waals surface area contributed by atoms with Crippen molar-refractivity contribution in [1.29, 1.82) is 0 Å². The maximum absolute atomic E-state index is 12.2. The normalized spacial score (nSPS) is 15.8. The minimum atomic E-state index is 0.0544. The number of amides is 1. The predicted octanol–water partition coefficient (Wildman–Crippen LogP) is 2.73. The number of hydrogen-bond donors (Lipinski definition) is 1. The SMILES string of the molecule is CONC(=CCC(=O)N1CCOCC1)c1ccc(Cl)c(Cl)c1. The molecule has 1 aliphatic heterocycles. The third kappa shape index (κ3) is 4.61. The number of ether oxygens (including phenoxy) is 1. The molecule has 2 rings (SSSR count). The Labute approximate surface area is 139 Å². The Morgan fingerprint density at radius 3 is 2.73 bits per heavy atom. The molecule has 0 aromatic heterocycles. The number of halogens is 2. The Hall–Kier alpha value is -1.27. The van der Waals surface area contributed by atoms with Crippen LogP contribution in [0.2, 0.25) is 10.0 Å². The third-order valence-electron chi connectivity index (χ3n) is 3.29. The van der Waals surface area contributed by atoms with Crippen LogP contribution in [0.3, 0.4) is 0 Å². The van der Waals surface area contributed by atoms with Gasteiger partial charge in [0.2, 0.25) is 5.91 Å². The van der Waals surface area contributed by atoms with Gasteiger partial charge in [-0.25, -0.2) is 0 Å². The molecule has 1 aliphatic rings. The van der Waals surface area contributed by atoms with Crippen molar-refractivity contribution in [3.05, 3.63) is 39.9 Å². The number of carbonyl (C=O) groups is 1. The molecule has 5 nitrogen and oxygen atoms in total. The molecule has 1 N–H and O–H groups in total. The van der Waals surface area contributed by atoms with Crippen LogP contribution in [0.5, 0.6) is 0 Å². The lowest BCUT2D eigenvalue weighted by atomic mass is 10.1. The Balaban J connectivity index is 2.08. The Kier molecular flexibility index (Phi) is 6.51. The average molecular weight is 345 g/mol. The van der Waals surface area contributed by atoms with Crippen LogP contribution in [0.25, 0.3) is 5.70 Å². The molecule has 0 aliphatic carbocycles. The summed E-state index contributed by atoms with van der Waals surface area (Å²) in [7, 11) is 1.51. The number of hydrogen-bond acceptors (Lipinski definition) is 4. The van der Waals surface area contributed by atoms with Crippen LogP contribution < -0.4 is 5.48 Å². The summed E-state index contributed by atoms with van der Waals surface area (Å²) in [5.41, 5.74) is 4.23. The van der Waals surface area contributed by atoms with Crippen molar-refractivity contribution in [2.24, 2.45) is 0 Å². The summed E-state index contributed by atoms with van der Waals surface area (Å²) in [5.74, 6) is 0.0544. The second kappa shape index (κ2) is 8.39. The van der Waals surface area contributed by atoms with Gasteiger partial charge in [-0.3, -0.25) is 15.1 Å². The Bertz CT molecular complexity index is 558. The van der Waals surface area contributed by atoms with Crippen molar-refractivity contribution >= 4 is 34.8 Å². The van der Waals surface area contributed by atoms with Crippen molar-refractivity contribution < 1.29 is 14.4 Å². The Morgan fingerprint density at radius 2 is 2.09 bits per heavy atom. The number of nitrogens with zero attached hydrogens (tertiary/aromatic N) is 1. The van der Waals surface area contributed by atoms with Gasteiger partial charge in [0.25, 0.3) is 0 Å². The van der Waals surface area contributed by atoms with E-state index in [1.165, 1.54) is 7.11 Å². The van der Waals surface area contributed by atoms with Crippen LogP contribution >= 0.6 is 23.2 Å². The molecule has 1 heterocycles. The molecule has 0 bridgehead atoms. The minimum absolute atomic E-state index is 0.0544. The zero-order valence-corrected chi connectivity index (χ0v) is 13.8. The van der Waals surface area contributed by atoms with Crippen LogP contribution in [0, 0.1) is 0 Å². The van der Waals surface area contributed by atoms with Crippen molar-refractivity contribution in [2.75, 3.05) is 33.4 Å². The van der Waals surface area contributed by atoms with Crippen LogP contribution in [0.1, 0.15) is 12.0 Å². The summed E-state index contributed by atoms with van der Waals surface area (Å²) in [4.78, 5) is 18.9. The first kappa shape index (κ1) is 17.1. The molecule has 0 unspecified atom stereocenters. The quantitative estimate of drug-likeness (QED) is 0.834. The smallest absolute Gasteiger partial charge is 0.226 e. The van der Waals surface area contributed by atoms with Gasteiger partial charge in [0, 0.05) is 25.1 Å². The van der Waals surface area contributed by atoms with Gasteiger partial charge >= 0.3 is 0 Å². The number of benzene rings is 1. The second-order valence-electron chi connectivity index (χ2n) is 4.75. The highest BCUT2D eigenvalue weighted by atomic mass is 35.5. The van der Waals surface area contributed by atoms with Gasteiger partial charge in [-0.15, -0.1) is 0 Å². The first-order chi connectivity index (χ1) is 10.6. The molecule has 0 atom stereocenters. The van der Waals surface area contributed by atoms with Gasteiger partial charge in [0.15, 0.2) is 0 Å². The highest BCUT2D eigenvalue weighted by Crippen LogP contribution is 2.25. The van der Waals surface area contributed by atoms with Gasteiger partial charge < -0.3 is 9.64 Å². The molecule has 7 heteroatoms. The maximum Gasteiger partial charge on any atom is 0.226 e. The van der Waals surface area contributed by atoms with E-state index in [0.717, 1.165) is 5.56 Å². The molecular weight excluding hydrogens is 327 g/mol. The van der Waals surface area contributed by atoms with Crippen LogP contribution in [-0.2, 0) is 14.4 Å². The van der Waals surface area contributed by atoms with Gasteiger partial charge in [0.1, 0.15) is 0 Å². The lowest BCUT2D eigenvalue weighted by Gasteiger charge is -2.26. The lowest BCUT2D eigenvalue weighted by molar-refractivity contribution is -0.134. The van der Waals surface area contributed by atoms with Crippen LogP contribution in [0.15, 0.2) is 24.3 Å². The number of morpholine rings is 1. The molecule has 1 fully saturated rings. The van der Waals surface area contributed by atoms with Gasteiger partial charge in [-0.2, -0.15) is 0 Å². The fraction of sp³-hybridized carbons (Fsp3) is 0.400. The van der Waals surface area contributed by atoms with E-state index >= 15 is 0 Å². The molecule has 1 aromatic carbocycles. The van der Waals surface area contributed by atoms with E-state index in [4.69, 9.17) is 32.8 Å². The molecule has 120 valence electrons. The van der Waals surface area contributed by atoms with E-state index in [2.05, 4.69) is 5.48 Å². The van der Waals surface area contributed by atoms with Crippen molar-refractivity contribution in [3.8, 4) is 0 Å². The summed E-state index contributed by atoms with van der Waals surface area (Å²) < 4.78 is 5.24. The van der Waals surface area contributed by atoms with Crippen molar-refractivity contribution in [3.63, 3.8) is 0 Å². The highest BCUT2D eigenvalue weighted by molar-refractivity contribution is 6.42. The summed E-state index contributed by atoms with van der Waals surface area (Å²) >= 11 is 11.9. The molecule has 1 aromatic rings. The average Bonchev–Trinajstić information content (AvgIpc) is 2.54. The van der Waals surface area contributed by atoms with E-state index in [0.29, 0.717) is 42.0 Å². The molecule has 0 spiro atoms. The third-order valence-corrected chi connectivity index (χ3v) is 4.03. The predicted molar refractivity (Wildman–Crippen MR) is 86.6 cm³/mol. The fourth-order valence-electron chi connectivity index (χ4n) is 2.12. The van der Waals surface area contributed by atoms with Crippen LogP contribution in [0.4, 0.5) is 0 Å². The molecule has 0 saturated carbocycles. The topological polar surface area (TPSA) is 50.8 Å². The summed E-state index contributed by atoms with van der Waals surface area (Å²) in [5, 5.41) is 0.925. The summed E-state index contributed by atoms with van der Waals surface area (Å²) in [6.07, 6.45) is 2.05. The maximum atomic E-state index is 12.2. The van der Waals surface area contributed by atoms with E-state index in [9.17, 15) is 4.79 Å². The van der Waals surface area contributed by atoms with Crippen molar-refractivity contribution in [2.45, 2.75) is 6.42 Å². The fourth-order valence-corrected chi connectivity index (χ4v) is 2.42. The first-order valence-electron chi connectivity index (χ1n) is 6.92. The summed E-state index contributed by atoms with van der Waals surface area (Å²) in [6.45, 7) is 2.44. The van der Waals surface area contributed by atoms with E-state index < -0.39 is 0 Å². The highest BCUT2D eigenvalue weighted by Gasteiger charge is 2.16. The molecular formula is C15H18Cl2N2O3. The Morgan fingerprint density at radius 1 is 1.36 bits per heavy atom. The summed E-state index contributed by atoms with van der Waals surface area (Å²) in [6, 6.07) is 5.24. The number of carbonyl (C=O) groups excluding carboxylic acids is 1. The minimum Gasteiger partial charge on any atom is -0.378 e.